The van der Waals surface area contributed by atoms with E-state index in [2.05, 4.69) is 5.32 Å². The van der Waals surface area contributed by atoms with Crippen molar-refractivity contribution in [3.8, 4) is 0 Å². The van der Waals surface area contributed by atoms with Gasteiger partial charge >= 0.3 is 0 Å². The highest BCUT2D eigenvalue weighted by Gasteiger charge is 2.51. The largest absolute Gasteiger partial charge is 0.351 e. The highest BCUT2D eigenvalue weighted by Crippen LogP contribution is 2.34. The molecule has 172 valence electrons. The van der Waals surface area contributed by atoms with Crippen molar-refractivity contribution in [2.45, 2.75) is 77.3 Å². The second-order valence-corrected chi connectivity index (χ2v) is 11.3. The number of nitrogens with zero attached hydrogens (tertiary/aromatic N) is 2. The Kier molecular flexibility index (Phi) is 7.11. The van der Waals surface area contributed by atoms with Crippen molar-refractivity contribution < 1.29 is 18.0 Å². The Bertz CT molecular complexity index is 938. The number of hydrogen-bond acceptors (Lipinski definition) is 4. The third kappa shape index (κ3) is 5.12. The zero-order chi connectivity index (χ0) is 22.8. The summed E-state index contributed by atoms with van der Waals surface area (Å²) in [6.45, 7) is 5.24. The number of carbonyl (C=O) groups is 2. The van der Waals surface area contributed by atoms with E-state index in [1.54, 1.807) is 6.92 Å². The molecule has 1 aromatic rings. The lowest BCUT2D eigenvalue weighted by Crippen LogP contribution is -2.70. The first-order valence-electron chi connectivity index (χ1n) is 11.2. The molecule has 1 saturated carbocycles. The predicted molar refractivity (Wildman–Crippen MR) is 122 cm³/mol. The van der Waals surface area contributed by atoms with Crippen LogP contribution in [0.3, 0.4) is 0 Å². The van der Waals surface area contributed by atoms with E-state index < -0.39 is 15.6 Å². The quantitative estimate of drug-likeness (QED) is 0.766. The Morgan fingerprint density at radius 3 is 2.32 bits per heavy atom. The maximum absolute atomic E-state index is 13.7. The number of benzene rings is 1. The van der Waals surface area contributed by atoms with Gasteiger partial charge in [0.2, 0.25) is 21.8 Å². The summed E-state index contributed by atoms with van der Waals surface area (Å²) in [5.41, 5.74) is 1.25. The standard InChI is InChI=1S/C23H35N3O4S/c1-17-11-10-14-20(18(17)2)26-21(27)15-25(31(4,29)30)16-23(26,3)22(28)24-19-12-8-6-5-7-9-13-19/h10-11,14,19H,5-9,12-13,15-16H2,1-4H3,(H,24,28). The van der Waals surface area contributed by atoms with Crippen molar-refractivity contribution in [2.24, 2.45) is 0 Å². The summed E-state index contributed by atoms with van der Waals surface area (Å²) >= 11 is 0. The Hall–Kier alpha value is -1.93. The minimum absolute atomic E-state index is 0.0498. The molecular formula is C23H35N3O4S. The molecule has 2 amide bonds. The molecular weight excluding hydrogens is 414 g/mol. The summed E-state index contributed by atoms with van der Waals surface area (Å²) in [5.74, 6) is -0.679. The molecule has 1 aromatic carbocycles. The van der Waals surface area contributed by atoms with Gasteiger partial charge in [0.1, 0.15) is 5.54 Å². The number of carbonyl (C=O) groups excluding carboxylic acids is 2. The SMILES string of the molecule is Cc1cccc(N2C(=O)CN(S(C)(=O)=O)CC2(C)C(=O)NC2CCCCCCC2)c1C. The molecule has 7 nitrogen and oxygen atoms in total. The van der Waals surface area contributed by atoms with Crippen molar-refractivity contribution >= 4 is 27.5 Å². The normalized spacial score (nSPS) is 24.5. The molecule has 2 fully saturated rings. The van der Waals surface area contributed by atoms with E-state index in [1.165, 1.54) is 24.2 Å². The van der Waals surface area contributed by atoms with Gasteiger partial charge < -0.3 is 5.32 Å². The van der Waals surface area contributed by atoms with Crippen LogP contribution in [0.4, 0.5) is 5.69 Å². The molecule has 31 heavy (non-hydrogen) atoms. The summed E-state index contributed by atoms with van der Waals surface area (Å²) in [4.78, 5) is 28.4. The Morgan fingerprint density at radius 2 is 1.71 bits per heavy atom. The predicted octanol–water partition coefficient (Wildman–Crippen LogP) is 2.90. The molecule has 2 aliphatic rings. The first kappa shape index (κ1) is 23.7. The molecule has 0 radical (unpaired) electrons. The summed E-state index contributed by atoms with van der Waals surface area (Å²) in [6.07, 6.45) is 8.60. The van der Waals surface area contributed by atoms with Crippen LogP contribution in [-0.2, 0) is 19.6 Å². The van der Waals surface area contributed by atoms with E-state index in [9.17, 15) is 18.0 Å². The molecule has 1 atom stereocenters. The lowest BCUT2D eigenvalue weighted by molar-refractivity contribution is -0.133. The van der Waals surface area contributed by atoms with Crippen LogP contribution < -0.4 is 10.2 Å². The Balaban J connectivity index is 1.98. The third-order valence-electron chi connectivity index (χ3n) is 6.75. The number of anilines is 1. The number of sulfonamides is 1. The molecule has 1 aliphatic carbocycles. The lowest BCUT2D eigenvalue weighted by Gasteiger charge is -2.47. The molecule has 1 N–H and O–H groups in total. The van der Waals surface area contributed by atoms with Crippen LogP contribution in [0, 0.1) is 13.8 Å². The molecule has 0 aromatic heterocycles. The van der Waals surface area contributed by atoms with Gasteiger partial charge in [0, 0.05) is 18.3 Å². The van der Waals surface area contributed by atoms with Crippen molar-refractivity contribution in [2.75, 3.05) is 24.2 Å². The number of piperazine rings is 1. The van der Waals surface area contributed by atoms with Crippen molar-refractivity contribution in [1.82, 2.24) is 9.62 Å². The van der Waals surface area contributed by atoms with Gasteiger partial charge in [-0.25, -0.2) is 8.42 Å². The molecule has 1 saturated heterocycles. The summed E-state index contributed by atoms with van der Waals surface area (Å²) < 4.78 is 25.7. The fourth-order valence-corrected chi connectivity index (χ4v) is 5.52. The third-order valence-corrected chi connectivity index (χ3v) is 7.95. The minimum Gasteiger partial charge on any atom is -0.351 e. The summed E-state index contributed by atoms with van der Waals surface area (Å²) in [7, 11) is -3.63. The van der Waals surface area contributed by atoms with Crippen molar-refractivity contribution in [1.29, 1.82) is 0 Å². The number of nitrogens with one attached hydrogen (secondary N) is 1. The number of hydrogen-bond donors (Lipinski definition) is 1. The Morgan fingerprint density at radius 1 is 1.10 bits per heavy atom. The van der Waals surface area contributed by atoms with Crippen LogP contribution in [0.25, 0.3) is 0 Å². The monoisotopic (exact) mass is 449 g/mol. The van der Waals surface area contributed by atoms with Crippen LogP contribution in [0.5, 0.6) is 0 Å². The summed E-state index contributed by atoms with van der Waals surface area (Å²) in [6, 6.07) is 5.70. The van der Waals surface area contributed by atoms with Crippen molar-refractivity contribution in [3.05, 3.63) is 29.3 Å². The highest BCUT2D eigenvalue weighted by atomic mass is 32.2. The van der Waals surface area contributed by atoms with Gasteiger partial charge in [-0.15, -0.1) is 0 Å². The van der Waals surface area contributed by atoms with Crippen LogP contribution in [0.15, 0.2) is 18.2 Å². The zero-order valence-corrected chi connectivity index (χ0v) is 19.9. The lowest BCUT2D eigenvalue weighted by atomic mass is 9.91. The molecule has 1 aliphatic heterocycles. The maximum Gasteiger partial charge on any atom is 0.247 e. The van der Waals surface area contributed by atoms with Gasteiger partial charge in [0.05, 0.1) is 12.8 Å². The van der Waals surface area contributed by atoms with Gasteiger partial charge in [-0.1, -0.05) is 44.2 Å². The zero-order valence-electron chi connectivity index (χ0n) is 19.1. The van der Waals surface area contributed by atoms with Gasteiger partial charge in [-0.3, -0.25) is 14.5 Å². The van der Waals surface area contributed by atoms with Gasteiger partial charge in [-0.2, -0.15) is 4.31 Å². The number of amides is 2. The van der Waals surface area contributed by atoms with Gasteiger partial charge in [-0.05, 0) is 50.8 Å². The fourth-order valence-electron chi connectivity index (χ4n) is 4.69. The first-order chi connectivity index (χ1) is 14.5. The van der Waals surface area contributed by atoms with E-state index >= 15 is 0 Å². The second kappa shape index (κ2) is 9.28. The first-order valence-corrected chi connectivity index (χ1v) is 13.0. The second-order valence-electron chi connectivity index (χ2n) is 9.27. The average Bonchev–Trinajstić information content (AvgIpc) is 2.65. The Labute approximate surface area is 186 Å². The highest BCUT2D eigenvalue weighted by molar-refractivity contribution is 7.88. The van der Waals surface area contributed by atoms with E-state index in [-0.39, 0.29) is 30.9 Å². The van der Waals surface area contributed by atoms with Crippen LogP contribution in [0.2, 0.25) is 0 Å². The molecule has 8 heteroatoms. The summed E-state index contributed by atoms with van der Waals surface area (Å²) in [5, 5.41) is 3.17. The molecule has 1 unspecified atom stereocenters. The van der Waals surface area contributed by atoms with Gasteiger partial charge in [0.15, 0.2) is 0 Å². The molecule has 0 spiro atoms. The van der Waals surface area contributed by atoms with Crippen molar-refractivity contribution in [3.63, 3.8) is 0 Å². The van der Waals surface area contributed by atoms with Crippen LogP contribution >= 0.6 is 0 Å². The van der Waals surface area contributed by atoms with E-state index in [0.29, 0.717) is 5.69 Å². The number of rotatable bonds is 4. The fraction of sp³-hybridized carbons (Fsp3) is 0.652. The topological polar surface area (TPSA) is 86.8 Å². The minimum atomic E-state index is -3.63. The number of aryl methyl sites for hydroxylation is 1. The molecule has 0 bridgehead atoms. The van der Waals surface area contributed by atoms with E-state index in [1.807, 2.05) is 32.0 Å². The molecule has 1 heterocycles. The average molecular weight is 450 g/mol. The van der Waals surface area contributed by atoms with E-state index in [0.717, 1.165) is 47.4 Å². The smallest absolute Gasteiger partial charge is 0.247 e. The molecule has 3 rings (SSSR count). The van der Waals surface area contributed by atoms with E-state index in [4.69, 9.17) is 0 Å². The maximum atomic E-state index is 13.7. The van der Waals surface area contributed by atoms with Crippen LogP contribution in [0.1, 0.15) is 63.0 Å². The van der Waals surface area contributed by atoms with Crippen LogP contribution in [-0.4, -0.2) is 55.5 Å². The van der Waals surface area contributed by atoms with Gasteiger partial charge in [0.25, 0.3) is 0 Å².